The maximum absolute atomic E-state index is 10.5. The summed E-state index contributed by atoms with van der Waals surface area (Å²) in [6.07, 6.45) is 0. The highest BCUT2D eigenvalue weighted by Gasteiger charge is 2.12. The molecule has 1 aromatic rings. The Morgan fingerprint density at radius 3 is 2.82 bits per heavy atom. The second kappa shape index (κ2) is 5.97. The van der Waals surface area contributed by atoms with Gasteiger partial charge in [-0.15, -0.1) is 5.10 Å². The van der Waals surface area contributed by atoms with Crippen molar-refractivity contribution in [2.45, 2.75) is 38.1 Å². The number of hydrogen-bond acceptors (Lipinski definition) is 6. The van der Waals surface area contributed by atoms with E-state index in [0.29, 0.717) is 17.5 Å². The van der Waals surface area contributed by atoms with Crippen LogP contribution in [0.3, 0.4) is 0 Å². The normalized spacial score (nSPS) is 11.7. The van der Waals surface area contributed by atoms with Gasteiger partial charge in [0.05, 0.1) is 12.2 Å². The van der Waals surface area contributed by atoms with Crippen LogP contribution in [0.4, 0.5) is 0 Å². The summed E-state index contributed by atoms with van der Waals surface area (Å²) in [4.78, 5) is 10.5. The SMILES string of the molecule is CC(C)(C)OCCSc1nnnn1CC(=O)O. The molecular weight excluding hydrogens is 244 g/mol. The molecule has 0 spiro atoms. The summed E-state index contributed by atoms with van der Waals surface area (Å²) in [7, 11) is 0. The van der Waals surface area contributed by atoms with Crippen LogP contribution in [0, 0.1) is 0 Å². The molecular formula is C9H16N4O3S. The average Bonchev–Trinajstić information content (AvgIpc) is 2.58. The molecule has 0 amide bonds. The van der Waals surface area contributed by atoms with Crippen LogP contribution in [0.2, 0.25) is 0 Å². The summed E-state index contributed by atoms with van der Waals surface area (Å²) >= 11 is 1.37. The molecule has 8 heteroatoms. The van der Waals surface area contributed by atoms with Gasteiger partial charge < -0.3 is 9.84 Å². The first-order valence-electron chi connectivity index (χ1n) is 5.13. The smallest absolute Gasteiger partial charge is 0.325 e. The van der Waals surface area contributed by atoms with Gasteiger partial charge in [0.1, 0.15) is 6.54 Å². The van der Waals surface area contributed by atoms with E-state index in [2.05, 4.69) is 15.5 Å². The van der Waals surface area contributed by atoms with Gasteiger partial charge in [-0.05, 0) is 31.2 Å². The Labute approximate surface area is 104 Å². The Morgan fingerprint density at radius 1 is 1.53 bits per heavy atom. The van der Waals surface area contributed by atoms with Gasteiger partial charge >= 0.3 is 5.97 Å². The van der Waals surface area contributed by atoms with E-state index in [4.69, 9.17) is 9.84 Å². The van der Waals surface area contributed by atoms with Crippen molar-refractivity contribution in [2.75, 3.05) is 12.4 Å². The molecule has 0 aliphatic heterocycles. The van der Waals surface area contributed by atoms with Crippen molar-refractivity contribution in [3.8, 4) is 0 Å². The van der Waals surface area contributed by atoms with Crippen LogP contribution in [-0.4, -0.2) is 49.2 Å². The number of aliphatic carboxylic acids is 1. The molecule has 0 radical (unpaired) electrons. The summed E-state index contributed by atoms with van der Waals surface area (Å²) in [5.41, 5.74) is -0.173. The molecule has 0 saturated heterocycles. The minimum atomic E-state index is -0.968. The minimum Gasteiger partial charge on any atom is -0.480 e. The lowest BCUT2D eigenvalue weighted by molar-refractivity contribution is -0.138. The van der Waals surface area contributed by atoms with E-state index in [9.17, 15) is 4.79 Å². The summed E-state index contributed by atoms with van der Waals surface area (Å²) in [5, 5.41) is 19.9. The molecule has 0 aliphatic carbocycles. The molecule has 0 unspecified atom stereocenters. The zero-order chi connectivity index (χ0) is 12.9. The van der Waals surface area contributed by atoms with E-state index in [1.807, 2.05) is 20.8 Å². The first-order chi connectivity index (χ1) is 7.88. The van der Waals surface area contributed by atoms with Crippen molar-refractivity contribution in [2.24, 2.45) is 0 Å². The molecule has 0 aromatic carbocycles. The van der Waals surface area contributed by atoms with E-state index in [1.165, 1.54) is 16.4 Å². The van der Waals surface area contributed by atoms with Gasteiger partial charge in [-0.25, -0.2) is 4.68 Å². The highest BCUT2D eigenvalue weighted by Crippen LogP contribution is 2.14. The fraction of sp³-hybridized carbons (Fsp3) is 0.778. The molecule has 0 atom stereocenters. The molecule has 1 N–H and O–H groups in total. The van der Waals surface area contributed by atoms with E-state index in [-0.39, 0.29) is 12.1 Å². The summed E-state index contributed by atoms with van der Waals surface area (Å²) < 4.78 is 6.79. The number of tetrazole rings is 1. The van der Waals surface area contributed by atoms with Crippen molar-refractivity contribution < 1.29 is 14.6 Å². The number of nitrogens with zero attached hydrogens (tertiary/aromatic N) is 4. The topological polar surface area (TPSA) is 90.1 Å². The molecule has 1 heterocycles. The van der Waals surface area contributed by atoms with Gasteiger partial charge in [-0.2, -0.15) is 0 Å². The van der Waals surface area contributed by atoms with Crippen molar-refractivity contribution in [1.82, 2.24) is 20.2 Å². The van der Waals surface area contributed by atoms with Crippen LogP contribution < -0.4 is 0 Å². The Balaban J connectivity index is 2.36. The molecule has 0 fully saturated rings. The predicted octanol–water partition coefficient (Wildman–Crippen LogP) is 0.665. The molecule has 0 bridgehead atoms. The molecule has 0 saturated carbocycles. The quantitative estimate of drug-likeness (QED) is 0.593. The van der Waals surface area contributed by atoms with Crippen LogP contribution in [0.25, 0.3) is 0 Å². The molecule has 1 aromatic heterocycles. The van der Waals surface area contributed by atoms with Crippen LogP contribution >= 0.6 is 11.8 Å². The van der Waals surface area contributed by atoms with E-state index in [1.54, 1.807) is 0 Å². The Morgan fingerprint density at radius 2 is 2.24 bits per heavy atom. The highest BCUT2D eigenvalue weighted by molar-refractivity contribution is 7.99. The third-order valence-corrected chi connectivity index (χ3v) is 2.56. The van der Waals surface area contributed by atoms with E-state index >= 15 is 0 Å². The summed E-state index contributed by atoms with van der Waals surface area (Å²) in [6, 6.07) is 0. The largest absolute Gasteiger partial charge is 0.480 e. The van der Waals surface area contributed by atoms with Crippen LogP contribution in [0.1, 0.15) is 20.8 Å². The number of aromatic nitrogens is 4. The van der Waals surface area contributed by atoms with Crippen molar-refractivity contribution in [3.05, 3.63) is 0 Å². The molecule has 0 aliphatic rings. The zero-order valence-electron chi connectivity index (χ0n) is 10.1. The fourth-order valence-corrected chi connectivity index (χ4v) is 1.70. The van der Waals surface area contributed by atoms with E-state index < -0.39 is 5.97 Å². The van der Waals surface area contributed by atoms with Gasteiger partial charge in [0, 0.05) is 5.75 Å². The van der Waals surface area contributed by atoms with Crippen LogP contribution in [0.15, 0.2) is 5.16 Å². The molecule has 96 valence electrons. The van der Waals surface area contributed by atoms with Gasteiger partial charge in [0.25, 0.3) is 0 Å². The number of carboxylic acids is 1. The third-order valence-electron chi connectivity index (χ3n) is 1.63. The van der Waals surface area contributed by atoms with Crippen molar-refractivity contribution in [3.63, 3.8) is 0 Å². The molecule has 1 rings (SSSR count). The number of carboxylic acid groups (broad SMARTS) is 1. The van der Waals surface area contributed by atoms with E-state index in [0.717, 1.165) is 0 Å². The minimum absolute atomic E-state index is 0.173. The van der Waals surface area contributed by atoms with Crippen molar-refractivity contribution >= 4 is 17.7 Å². The lowest BCUT2D eigenvalue weighted by Crippen LogP contribution is -2.20. The molecule has 17 heavy (non-hydrogen) atoms. The van der Waals surface area contributed by atoms with Crippen LogP contribution in [0.5, 0.6) is 0 Å². The van der Waals surface area contributed by atoms with Crippen LogP contribution in [-0.2, 0) is 16.1 Å². The fourth-order valence-electron chi connectivity index (χ4n) is 1.01. The first-order valence-corrected chi connectivity index (χ1v) is 6.12. The maximum Gasteiger partial charge on any atom is 0.325 e. The number of hydrogen-bond donors (Lipinski definition) is 1. The zero-order valence-corrected chi connectivity index (χ0v) is 10.9. The first kappa shape index (κ1) is 13.9. The lowest BCUT2D eigenvalue weighted by Gasteiger charge is -2.18. The maximum atomic E-state index is 10.5. The molecule has 7 nitrogen and oxygen atoms in total. The van der Waals surface area contributed by atoms with Gasteiger partial charge in [0.15, 0.2) is 0 Å². The second-order valence-corrected chi connectivity index (χ2v) is 5.38. The lowest BCUT2D eigenvalue weighted by atomic mass is 10.2. The van der Waals surface area contributed by atoms with Gasteiger partial charge in [0.2, 0.25) is 5.16 Å². The highest BCUT2D eigenvalue weighted by atomic mass is 32.2. The average molecular weight is 260 g/mol. The third kappa shape index (κ3) is 5.64. The van der Waals surface area contributed by atoms with Gasteiger partial charge in [-0.3, -0.25) is 4.79 Å². The predicted molar refractivity (Wildman–Crippen MR) is 61.9 cm³/mol. The Hall–Kier alpha value is -1.15. The van der Waals surface area contributed by atoms with Gasteiger partial charge in [-0.1, -0.05) is 11.8 Å². The Bertz CT molecular complexity index is 375. The number of ether oxygens (including phenoxy) is 1. The number of carbonyl (C=O) groups is 1. The second-order valence-electron chi connectivity index (χ2n) is 4.32. The van der Waals surface area contributed by atoms with Crippen molar-refractivity contribution in [1.29, 1.82) is 0 Å². The standard InChI is InChI=1S/C9H16N4O3S/c1-9(2,3)16-4-5-17-8-10-11-12-13(8)6-7(14)15/h4-6H2,1-3H3,(H,14,15). The number of rotatable bonds is 6. The Kier molecular flexibility index (Phi) is 4.88. The number of thioether (sulfide) groups is 1. The summed E-state index contributed by atoms with van der Waals surface area (Å²) in [5.74, 6) is -0.290. The summed E-state index contributed by atoms with van der Waals surface area (Å²) in [6.45, 7) is 6.27. The monoisotopic (exact) mass is 260 g/mol.